The topological polar surface area (TPSA) is 71.5 Å². The van der Waals surface area contributed by atoms with Crippen molar-refractivity contribution in [3.8, 4) is 0 Å². The molecule has 0 saturated carbocycles. The molecule has 2 amide bonds. The van der Waals surface area contributed by atoms with Crippen molar-refractivity contribution < 1.29 is 14.3 Å². The van der Waals surface area contributed by atoms with Crippen LogP contribution in [0.2, 0.25) is 0 Å². The van der Waals surface area contributed by atoms with E-state index in [0.717, 1.165) is 18.5 Å². The second kappa shape index (κ2) is 8.10. The number of hydrogen-bond donors (Lipinski definition) is 1. The number of fused-ring (bicyclic) bond motifs is 1. The first-order chi connectivity index (χ1) is 12.6. The van der Waals surface area contributed by atoms with Gasteiger partial charge in [0.05, 0.1) is 0 Å². The van der Waals surface area contributed by atoms with Crippen LogP contribution in [0.5, 0.6) is 0 Å². The molecule has 26 heavy (non-hydrogen) atoms. The van der Waals surface area contributed by atoms with Crippen molar-refractivity contribution in [3.63, 3.8) is 0 Å². The molecule has 0 spiro atoms. The van der Waals surface area contributed by atoms with Crippen LogP contribution in [-0.2, 0) is 11.2 Å². The molecule has 6 heteroatoms. The molecule has 2 heterocycles. The van der Waals surface area contributed by atoms with E-state index in [-0.39, 0.29) is 23.6 Å². The van der Waals surface area contributed by atoms with Crippen LogP contribution in [0.1, 0.15) is 39.8 Å². The maximum atomic E-state index is 13.0. The normalized spacial score (nSPS) is 15.6. The van der Waals surface area contributed by atoms with Gasteiger partial charge < -0.3 is 15.0 Å². The molecule has 0 aliphatic carbocycles. The predicted octanol–water partition coefficient (Wildman–Crippen LogP) is 2.44. The minimum atomic E-state index is -0.286. The number of methoxy groups -OCH3 is 1. The zero-order chi connectivity index (χ0) is 18.5. The Labute approximate surface area is 153 Å². The molecule has 0 saturated heterocycles. The maximum absolute atomic E-state index is 13.0. The van der Waals surface area contributed by atoms with Gasteiger partial charge in [-0.05, 0) is 43.5 Å². The molecule has 1 aliphatic heterocycles. The van der Waals surface area contributed by atoms with Crippen LogP contribution in [0.4, 0.5) is 5.69 Å². The summed E-state index contributed by atoms with van der Waals surface area (Å²) in [6, 6.07) is 11.2. The molecular formula is C20H23N3O3. The van der Waals surface area contributed by atoms with Crippen LogP contribution in [0.15, 0.2) is 42.6 Å². The zero-order valence-electron chi connectivity index (χ0n) is 15.1. The van der Waals surface area contributed by atoms with Crippen molar-refractivity contribution in [2.24, 2.45) is 0 Å². The van der Waals surface area contributed by atoms with E-state index in [9.17, 15) is 9.59 Å². The number of aromatic nitrogens is 1. The van der Waals surface area contributed by atoms with Crippen LogP contribution in [0, 0.1) is 0 Å². The minimum Gasteiger partial charge on any atom is -0.385 e. The number of pyridine rings is 1. The van der Waals surface area contributed by atoms with Gasteiger partial charge in [-0.15, -0.1) is 0 Å². The van der Waals surface area contributed by atoms with Crippen molar-refractivity contribution in [3.05, 3.63) is 59.4 Å². The quantitative estimate of drug-likeness (QED) is 0.810. The van der Waals surface area contributed by atoms with E-state index in [0.29, 0.717) is 18.7 Å². The number of anilines is 1. The van der Waals surface area contributed by atoms with E-state index >= 15 is 0 Å². The van der Waals surface area contributed by atoms with Gasteiger partial charge in [0.2, 0.25) is 0 Å². The summed E-state index contributed by atoms with van der Waals surface area (Å²) in [5.41, 5.74) is 2.81. The third kappa shape index (κ3) is 3.75. The fraction of sp³-hybridized carbons (Fsp3) is 0.350. The minimum absolute atomic E-state index is 0.0828. The van der Waals surface area contributed by atoms with Gasteiger partial charge in [-0.2, -0.15) is 0 Å². The Morgan fingerprint density at radius 3 is 2.92 bits per heavy atom. The summed E-state index contributed by atoms with van der Waals surface area (Å²) in [6.45, 7) is 3.12. The second-order valence-corrected chi connectivity index (χ2v) is 6.39. The molecule has 1 aromatic heterocycles. The number of ether oxygens (including phenoxy) is 1. The highest BCUT2D eigenvalue weighted by Gasteiger charge is 2.31. The Hall–Kier alpha value is -2.73. The highest BCUT2D eigenvalue weighted by Crippen LogP contribution is 2.33. The summed E-state index contributed by atoms with van der Waals surface area (Å²) in [5, 5.41) is 2.79. The van der Waals surface area contributed by atoms with Gasteiger partial charge in [-0.1, -0.05) is 18.2 Å². The van der Waals surface area contributed by atoms with E-state index in [1.54, 1.807) is 24.1 Å². The van der Waals surface area contributed by atoms with Gasteiger partial charge in [-0.25, -0.2) is 0 Å². The highest BCUT2D eigenvalue weighted by atomic mass is 16.5. The van der Waals surface area contributed by atoms with E-state index in [1.807, 2.05) is 31.2 Å². The number of nitrogens with one attached hydrogen (secondary N) is 1. The van der Waals surface area contributed by atoms with Crippen LogP contribution >= 0.6 is 0 Å². The van der Waals surface area contributed by atoms with E-state index in [4.69, 9.17) is 4.74 Å². The Kier molecular flexibility index (Phi) is 5.63. The number of para-hydroxylation sites is 1. The molecule has 3 rings (SSSR count). The number of carbonyl (C=O) groups excluding carboxylic acids is 2. The van der Waals surface area contributed by atoms with Crippen molar-refractivity contribution in [2.75, 3.05) is 25.2 Å². The first-order valence-corrected chi connectivity index (χ1v) is 8.76. The van der Waals surface area contributed by atoms with Crippen molar-refractivity contribution >= 4 is 17.5 Å². The van der Waals surface area contributed by atoms with Crippen LogP contribution in [-0.4, -0.2) is 43.1 Å². The average molecular weight is 353 g/mol. The summed E-state index contributed by atoms with van der Waals surface area (Å²) >= 11 is 0. The van der Waals surface area contributed by atoms with E-state index < -0.39 is 0 Å². The second-order valence-electron chi connectivity index (χ2n) is 6.39. The van der Waals surface area contributed by atoms with Gasteiger partial charge >= 0.3 is 0 Å². The number of rotatable bonds is 6. The van der Waals surface area contributed by atoms with Gasteiger partial charge in [0, 0.05) is 43.8 Å². The standard InChI is InChI=1S/C20H23N3O3/c1-14-12-15-6-3-4-7-18(15)23(14)20(25)16-8-10-21-17(13-16)19(24)22-9-5-11-26-2/h3-4,6-8,10,13-14H,5,9,11-12H2,1-2H3,(H,22,24). The smallest absolute Gasteiger partial charge is 0.269 e. The van der Waals surface area contributed by atoms with Gasteiger partial charge in [0.25, 0.3) is 11.8 Å². The van der Waals surface area contributed by atoms with E-state index in [1.165, 1.54) is 11.8 Å². The lowest BCUT2D eigenvalue weighted by Gasteiger charge is -2.23. The Morgan fingerprint density at radius 2 is 2.12 bits per heavy atom. The fourth-order valence-corrected chi connectivity index (χ4v) is 3.21. The summed E-state index contributed by atoms with van der Waals surface area (Å²) < 4.78 is 4.96. The van der Waals surface area contributed by atoms with Crippen LogP contribution in [0.25, 0.3) is 0 Å². The molecule has 1 unspecified atom stereocenters. The number of benzene rings is 1. The average Bonchev–Trinajstić information content (AvgIpc) is 3.00. The first kappa shape index (κ1) is 18.1. The lowest BCUT2D eigenvalue weighted by molar-refractivity contribution is 0.0943. The summed E-state index contributed by atoms with van der Waals surface area (Å²) in [6.07, 6.45) is 3.06. The summed E-state index contributed by atoms with van der Waals surface area (Å²) in [7, 11) is 1.62. The van der Waals surface area contributed by atoms with Gasteiger partial charge in [-0.3, -0.25) is 14.6 Å². The lowest BCUT2D eigenvalue weighted by Crippen LogP contribution is -2.36. The molecule has 0 radical (unpaired) electrons. The SMILES string of the molecule is COCCCNC(=O)c1cc(C(=O)N2c3ccccc3CC2C)ccn1. The zero-order valence-corrected chi connectivity index (χ0v) is 15.1. The highest BCUT2D eigenvalue weighted by molar-refractivity contribution is 6.08. The van der Waals surface area contributed by atoms with Crippen molar-refractivity contribution in [1.29, 1.82) is 0 Å². The number of nitrogens with zero attached hydrogens (tertiary/aromatic N) is 2. The van der Waals surface area contributed by atoms with Gasteiger partial charge in [0.1, 0.15) is 5.69 Å². The fourth-order valence-electron chi connectivity index (χ4n) is 3.21. The van der Waals surface area contributed by atoms with Crippen molar-refractivity contribution in [1.82, 2.24) is 10.3 Å². The van der Waals surface area contributed by atoms with Gasteiger partial charge in [0.15, 0.2) is 0 Å². The monoisotopic (exact) mass is 353 g/mol. The molecule has 1 aromatic carbocycles. The summed E-state index contributed by atoms with van der Waals surface area (Å²) in [4.78, 5) is 31.2. The van der Waals surface area contributed by atoms with E-state index in [2.05, 4.69) is 10.3 Å². The molecule has 1 N–H and O–H groups in total. The summed E-state index contributed by atoms with van der Waals surface area (Å²) in [5.74, 6) is -0.399. The lowest BCUT2D eigenvalue weighted by atomic mass is 10.1. The number of hydrogen-bond acceptors (Lipinski definition) is 4. The molecule has 1 aliphatic rings. The third-order valence-corrected chi connectivity index (χ3v) is 4.48. The molecule has 0 fully saturated rings. The van der Waals surface area contributed by atoms with Crippen molar-refractivity contribution in [2.45, 2.75) is 25.8 Å². The van der Waals surface area contributed by atoms with Crippen LogP contribution in [0.3, 0.4) is 0 Å². The molecular weight excluding hydrogens is 330 g/mol. The molecule has 136 valence electrons. The molecule has 2 aromatic rings. The molecule has 0 bridgehead atoms. The maximum Gasteiger partial charge on any atom is 0.269 e. The Bertz CT molecular complexity index is 806. The van der Waals surface area contributed by atoms with Crippen LogP contribution < -0.4 is 10.2 Å². The molecule has 6 nitrogen and oxygen atoms in total. The Morgan fingerprint density at radius 1 is 1.31 bits per heavy atom. The number of amides is 2. The third-order valence-electron chi connectivity index (χ3n) is 4.48. The Balaban J connectivity index is 1.76. The first-order valence-electron chi connectivity index (χ1n) is 8.76. The largest absolute Gasteiger partial charge is 0.385 e. The number of carbonyl (C=O) groups is 2. The molecule has 1 atom stereocenters. The predicted molar refractivity (Wildman–Crippen MR) is 99.5 cm³/mol.